The Bertz CT molecular complexity index is 448. The Morgan fingerprint density at radius 3 is 2.94 bits per heavy atom. The number of anilines is 1. The lowest BCUT2D eigenvalue weighted by Crippen LogP contribution is -2.27. The van der Waals surface area contributed by atoms with Crippen molar-refractivity contribution in [2.75, 3.05) is 18.0 Å². The van der Waals surface area contributed by atoms with E-state index in [4.69, 9.17) is 5.21 Å². The lowest BCUT2D eigenvalue weighted by molar-refractivity contribution is 0.0256. The van der Waals surface area contributed by atoms with Crippen LogP contribution in [-0.4, -0.2) is 34.9 Å². The summed E-state index contributed by atoms with van der Waals surface area (Å²) in [7, 11) is 0. The second-order valence-corrected chi connectivity index (χ2v) is 4.09. The first-order chi connectivity index (χ1) is 8.03. The molecule has 0 saturated carbocycles. The van der Waals surface area contributed by atoms with Crippen molar-refractivity contribution in [2.24, 2.45) is 5.16 Å². The van der Waals surface area contributed by atoms with Crippen LogP contribution in [0.15, 0.2) is 23.5 Å². The number of rotatable bonds is 2. The summed E-state index contributed by atoms with van der Waals surface area (Å²) < 4.78 is 26.3. The Kier molecular flexibility index (Phi) is 2.95. The van der Waals surface area contributed by atoms with Crippen LogP contribution in [0.1, 0.15) is 18.9 Å². The van der Waals surface area contributed by atoms with Gasteiger partial charge in [-0.1, -0.05) is 5.16 Å². The van der Waals surface area contributed by atoms with Crippen LogP contribution in [0.3, 0.4) is 0 Å². The van der Waals surface area contributed by atoms with Gasteiger partial charge >= 0.3 is 0 Å². The second-order valence-electron chi connectivity index (χ2n) is 4.09. The Hall–Kier alpha value is -1.72. The first-order valence-corrected chi connectivity index (χ1v) is 5.30. The molecular formula is C11H13F2N3O. The van der Waals surface area contributed by atoms with Crippen molar-refractivity contribution in [1.82, 2.24) is 4.98 Å². The standard InChI is InChI=1S/C11H13F2N3O/c1-8(15-17)9-3-2-5-14-10(9)16-6-4-11(12,13)7-16/h2-3,5,17H,4,6-7H2,1H3/b15-8+. The van der Waals surface area contributed by atoms with Crippen LogP contribution in [-0.2, 0) is 0 Å². The molecule has 1 aromatic rings. The largest absolute Gasteiger partial charge is 0.411 e. The summed E-state index contributed by atoms with van der Waals surface area (Å²) in [6, 6.07) is 3.38. The van der Waals surface area contributed by atoms with Crippen LogP contribution in [0.4, 0.5) is 14.6 Å². The molecule has 1 aliphatic rings. The van der Waals surface area contributed by atoms with Gasteiger partial charge in [-0.25, -0.2) is 13.8 Å². The zero-order valence-corrected chi connectivity index (χ0v) is 9.40. The zero-order valence-electron chi connectivity index (χ0n) is 9.40. The number of halogens is 2. The highest BCUT2D eigenvalue weighted by Gasteiger charge is 2.39. The molecule has 4 nitrogen and oxygen atoms in total. The fourth-order valence-electron chi connectivity index (χ4n) is 1.90. The van der Waals surface area contributed by atoms with Gasteiger partial charge in [0.2, 0.25) is 0 Å². The van der Waals surface area contributed by atoms with Crippen molar-refractivity contribution >= 4 is 11.5 Å². The maximum atomic E-state index is 13.1. The number of nitrogens with zero attached hydrogens (tertiary/aromatic N) is 3. The molecular weight excluding hydrogens is 228 g/mol. The van der Waals surface area contributed by atoms with Gasteiger partial charge in [0.25, 0.3) is 5.92 Å². The van der Waals surface area contributed by atoms with Crippen molar-refractivity contribution in [3.05, 3.63) is 23.9 Å². The van der Waals surface area contributed by atoms with E-state index in [0.717, 1.165) is 0 Å². The van der Waals surface area contributed by atoms with Gasteiger partial charge in [-0.05, 0) is 19.1 Å². The number of hydrogen-bond acceptors (Lipinski definition) is 4. The van der Waals surface area contributed by atoms with Gasteiger partial charge in [0, 0.05) is 24.7 Å². The van der Waals surface area contributed by atoms with E-state index in [0.29, 0.717) is 17.1 Å². The molecule has 6 heteroatoms. The third-order valence-corrected chi connectivity index (χ3v) is 2.80. The highest BCUT2D eigenvalue weighted by Crippen LogP contribution is 2.31. The molecule has 2 rings (SSSR count). The van der Waals surface area contributed by atoms with Crippen LogP contribution in [0.2, 0.25) is 0 Å². The predicted molar refractivity (Wildman–Crippen MR) is 60.0 cm³/mol. The van der Waals surface area contributed by atoms with Crippen LogP contribution in [0, 0.1) is 0 Å². The number of hydrogen-bond donors (Lipinski definition) is 1. The maximum absolute atomic E-state index is 13.1. The molecule has 1 aromatic heterocycles. The van der Waals surface area contributed by atoms with Gasteiger partial charge in [0.1, 0.15) is 5.82 Å². The lowest BCUT2D eigenvalue weighted by Gasteiger charge is -2.19. The van der Waals surface area contributed by atoms with E-state index in [9.17, 15) is 8.78 Å². The molecule has 0 aromatic carbocycles. The van der Waals surface area contributed by atoms with Crippen molar-refractivity contribution < 1.29 is 14.0 Å². The molecule has 17 heavy (non-hydrogen) atoms. The van der Waals surface area contributed by atoms with E-state index in [-0.39, 0.29) is 19.5 Å². The Labute approximate surface area is 97.6 Å². The van der Waals surface area contributed by atoms with Crippen LogP contribution >= 0.6 is 0 Å². The van der Waals surface area contributed by atoms with Crippen LogP contribution in [0.25, 0.3) is 0 Å². The van der Waals surface area contributed by atoms with E-state index in [1.165, 1.54) is 4.90 Å². The first kappa shape index (κ1) is 11.8. The molecule has 0 aliphatic carbocycles. The minimum atomic E-state index is -2.67. The summed E-state index contributed by atoms with van der Waals surface area (Å²) in [6.45, 7) is 1.53. The predicted octanol–water partition coefficient (Wildman–Crippen LogP) is 2.13. The molecule has 0 amide bonds. The van der Waals surface area contributed by atoms with Crippen molar-refractivity contribution in [3.8, 4) is 0 Å². The molecule has 0 bridgehead atoms. The van der Waals surface area contributed by atoms with Gasteiger partial charge < -0.3 is 10.1 Å². The number of alkyl halides is 2. The van der Waals surface area contributed by atoms with E-state index < -0.39 is 5.92 Å². The summed E-state index contributed by atoms with van der Waals surface area (Å²) in [4.78, 5) is 5.61. The molecule has 1 fully saturated rings. The third-order valence-electron chi connectivity index (χ3n) is 2.80. The van der Waals surface area contributed by atoms with E-state index >= 15 is 0 Å². The van der Waals surface area contributed by atoms with Crippen molar-refractivity contribution in [2.45, 2.75) is 19.3 Å². The van der Waals surface area contributed by atoms with Gasteiger partial charge in [-0.2, -0.15) is 0 Å². The average Bonchev–Trinajstić information content (AvgIpc) is 2.68. The fraction of sp³-hybridized carbons (Fsp3) is 0.455. The monoisotopic (exact) mass is 241 g/mol. The SMILES string of the molecule is C/C(=N\O)c1cccnc1N1CCC(F)(F)C1. The van der Waals surface area contributed by atoms with Gasteiger partial charge in [0.05, 0.1) is 12.3 Å². The average molecular weight is 241 g/mol. The fourth-order valence-corrected chi connectivity index (χ4v) is 1.90. The van der Waals surface area contributed by atoms with Crippen molar-refractivity contribution in [3.63, 3.8) is 0 Å². The number of pyridine rings is 1. The number of aromatic nitrogens is 1. The zero-order chi connectivity index (χ0) is 12.5. The summed E-state index contributed by atoms with van der Waals surface area (Å²) in [5.41, 5.74) is 0.941. The van der Waals surface area contributed by atoms with Crippen LogP contribution in [0.5, 0.6) is 0 Å². The molecule has 0 spiro atoms. The summed E-state index contributed by atoms with van der Waals surface area (Å²) >= 11 is 0. The van der Waals surface area contributed by atoms with E-state index in [1.54, 1.807) is 25.3 Å². The first-order valence-electron chi connectivity index (χ1n) is 5.30. The highest BCUT2D eigenvalue weighted by molar-refractivity contribution is 6.02. The van der Waals surface area contributed by atoms with Gasteiger partial charge in [-0.3, -0.25) is 0 Å². The van der Waals surface area contributed by atoms with Crippen molar-refractivity contribution in [1.29, 1.82) is 0 Å². The molecule has 1 saturated heterocycles. The van der Waals surface area contributed by atoms with E-state index in [2.05, 4.69) is 10.1 Å². The minimum Gasteiger partial charge on any atom is -0.411 e. The molecule has 92 valence electrons. The Morgan fingerprint density at radius 2 is 2.35 bits per heavy atom. The van der Waals surface area contributed by atoms with E-state index in [1.807, 2.05) is 0 Å². The lowest BCUT2D eigenvalue weighted by atomic mass is 10.1. The summed E-state index contributed by atoms with van der Waals surface area (Å²) in [5.74, 6) is -2.22. The van der Waals surface area contributed by atoms with Crippen LogP contribution < -0.4 is 4.90 Å². The molecule has 0 unspecified atom stereocenters. The third kappa shape index (κ3) is 2.35. The summed E-state index contributed by atoms with van der Waals surface area (Å²) in [6.07, 6.45) is 1.37. The van der Waals surface area contributed by atoms with Gasteiger partial charge in [-0.15, -0.1) is 0 Å². The maximum Gasteiger partial charge on any atom is 0.266 e. The molecule has 1 aliphatic heterocycles. The summed E-state index contributed by atoms with van der Waals surface area (Å²) in [5, 5.41) is 11.8. The second kappa shape index (κ2) is 4.27. The minimum absolute atomic E-state index is 0.168. The normalized spacial score (nSPS) is 19.7. The molecule has 0 atom stereocenters. The molecule has 0 radical (unpaired) electrons. The van der Waals surface area contributed by atoms with Gasteiger partial charge in [0.15, 0.2) is 0 Å². The number of oxime groups is 1. The Balaban J connectivity index is 2.33. The molecule has 2 heterocycles. The topological polar surface area (TPSA) is 48.7 Å². The smallest absolute Gasteiger partial charge is 0.266 e. The highest BCUT2D eigenvalue weighted by atomic mass is 19.3. The quantitative estimate of drug-likeness (QED) is 0.490. The molecule has 1 N–H and O–H groups in total. The Morgan fingerprint density at radius 1 is 1.59 bits per heavy atom.